The van der Waals surface area contributed by atoms with Crippen LogP contribution in [0.15, 0.2) is 36.4 Å². The lowest BCUT2D eigenvalue weighted by Gasteiger charge is -2.09. The lowest BCUT2D eigenvalue weighted by atomic mass is 10.1. The molecule has 0 radical (unpaired) electrons. The molecule has 108 valence electrons. The molecule has 2 aromatic carbocycles. The van der Waals surface area contributed by atoms with Crippen molar-refractivity contribution in [3.05, 3.63) is 47.5 Å². The standard InChI is InChI=1S/C17H19N3O/c1-4-21-15-7-5-6-14-16(15)19-17(18)20(14)13-9-8-11(2)12(3)10-13/h5-10H,4H2,1-3H3,(H2,18,19). The van der Waals surface area contributed by atoms with Crippen LogP contribution in [0.5, 0.6) is 5.75 Å². The van der Waals surface area contributed by atoms with Gasteiger partial charge in [0.2, 0.25) is 5.95 Å². The summed E-state index contributed by atoms with van der Waals surface area (Å²) in [5.74, 6) is 1.24. The second kappa shape index (κ2) is 5.13. The number of hydrogen-bond acceptors (Lipinski definition) is 3. The fourth-order valence-electron chi connectivity index (χ4n) is 2.50. The number of nitrogens with two attached hydrogens (primary N) is 1. The van der Waals surface area contributed by atoms with Crippen molar-refractivity contribution in [1.82, 2.24) is 9.55 Å². The van der Waals surface area contributed by atoms with E-state index in [0.717, 1.165) is 22.5 Å². The average molecular weight is 281 g/mol. The molecule has 0 bridgehead atoms. The predicted octanol–water partition coefficient (Wildman–Crippen LogP) is 3.62. The summed E-state index contributed by atoms with van der Waals surface area (Å²) in [6.45, 7) is 6.76. The van der Waals surface area contributed by atoms with E-state index in [0.29, 0.717) is 12.6 Å². The highest BCUT2D eigenvalue weighted by molar-refractivity contribution is 5.86. The maximum atomic E-state index is 6.13. The van der Waals surface area contributed by atoms with E-state index >= 15 is 0 Å². The van der Waals surface area contributed by atoms with Crippen LogP contribution in [0.2, 0.25) is 0 Å². The maximum Gasteiger partial charge on any atom is 0.206 e. The van der Waals surface area contributed by atoms with Crippen molar-refractivity contribution in [2.45, 2.75) is 20.8 Å². The van der Waals surface area contributed by atoms with Crippen LogP contribution < -0.4 is 10.5 Å². The van der Waals surface area contributed by atoms with Crippen LogP contribution in [0.25, 0.3) is 16.7 Å². The zero-order chi connectivity index (χ0) is 15.0. The van der Waals surface area contributed by atoms with Gasteiger partial charge in [0, 0.05) is 5.69 Å². The number of rotatable bonds is 3. The van der Waals surface area contributed by atoms with Gasteiger partial charge in [0.15, 0.2) is 0 Å². The van der Waals surface area contributed by atoms with E-state index in [-0.39, 0.29) is 0 Å². The Kier molecular flexibility index (Phi) is 3.29. The highest BCUT2D eigenvalue weighted by atomic mass is 16.5. The molecular formula is C17H19N3O. The molecule has 0 aliphatic rings. The second-order valence-electron chi connectivity index (χ2n) is 5.13. The van der Waals surface area contributed by atoms with Gasteiger partial charge in [-0.15, -0.1) is 0 Å². The summed E-state index contributed by atoms with van der Waals surface area (Å²) in [6, 6.07) is 12.2. The lowest BCUT2D eigenvalue weighted by Crippen LogP contribution is -2.01. The summed E-state index contributed by atoms with van der Waals surface area (Å²) in [6.07, 6.45) is 0. The topological polar surface area (TPSA) is 53.1 Å². The molecule has 0 aliphatic heterocycles. The third-order valence-electron chi connectivity index (χ3n) is 3.72. The Hall–Kier alpha value is -2.49. The number of ether oxygens (including phenoxy) is 1. The van der Waals surface area contributed by atoms with Crippen LogP contribution in [0, 0.1) is 13.8 Å². The molecule has 0 unspecified atom stereocenters. The minimum Gasteiger partial charge on any atom is -0.492 e. The van der Waals surface area contributed by atoms with Crippen LogP contribution in [-0.4, -0.2) is 16.2 Å². The SMILES string of the molecule is CCOc1cccc2c1nc(N)n2-c1ccc(C)c(C)c1. The molecule has 0 atom stereocenters. The van der Waals surface area contributed by atoms with E-state index in [1.54, 1.807) is 0 Å². The monoisotopic (exact) mass is 281 g/mol. The van der Waals surface area contributed by atoms with Crippen LogP contribution in [-0.2, 0) is 0 Å². The minimum atomic E-state index is 0.473. The quantitative estimate of drug-likeness (QED) is 0.797. The van der Waals surface area contributed by atoms with Crippen LogP contribution in [0.1, 0.15) is 18.1 Å². The molecule has 2 N–H and O–H groups in total. The van der Waals surface area contributed by atoms with Gasteiger partial charge in [0.1, 0.15) is 11.3 Å². The van der Waals surface area contributed by atoms with Crippen LogP contribution in [0.4, 0.5) is 5.95 Å². The summed E-state index contributed by atoms with van der Waals surface area (Å²) in [5.41, 5.74) is 11.4. The fraction of sp³-hybridized carbons (Fsp3) is 0.235. The second-order valence-corrected chi connectivity index (χ2v) is 5.13. The molecule has 0 aliphatic carbocycles. The van der Waals surface area contributed by atoms with E-state index in [4.69, 9.17) is 10.5 Å². The van der Waals surface area contributed by atoms with E-state index in [2.05, 4.69) is 37.0 Å². The van der Waals surface area contributed by atoms with Gasteiger partial charge in [0.25, 0.3) is 0 Å². The van der Waals surface area contributed by atoms with Gasteiger partial charge in [-0.05, 0) is 56.2 Å². The minimum absolute atomic E-state index is 0.473. The molecule has 0 saturated heterocycles. The number of aromatic nitrogens is 2. The first kappa shape index (κ1) is 13.5. The van der Waals surface area contributed by atoms with Crippen LogP contribution >= 0.6 is 0 Å². The summed E-state index contributed by atoms with van der Waals surface area (Å²) in [5, 5.41) is 0. The number of hydrogen-bond donors (Lipinski definition) is 1. The summed E-state index contributed by atoms with van der Waals surface area (Å²) >= 11 is 0. The van der Waals surface area contributed by atoms with Gasteiger partial charge < -0.3 is 10.5 Å². The lowest BCUT2D eigenvalue weighted by molar-refractivity contribution is 0.344. The molecule has 21 heavy (non-hydrogen) atoms. The molecule has 0 amide bonds. The van der Waals surface area contributed by atoms with Crippen molar-refractivity contribution >= 4 is 17.0 Å². The first-order valence-electron chi connectivity index (χ1n) is 7.09. The predicted molar refractivity (Wildman–Crippen MR) is 86.1 cm³/mol. The number of fused-ring (bicyclic) bond motifs is 1. The Morgan fingerprint density at radius 1 is 1.14 bits per heavy atom. The van der Waals surface area contributed by atoms with Crippen LogP contribution in [0.3, 0.4) is 0 Å². The Labute approximate surface area is 124 Å². The Morgan fingerprint density at radius 2 is 1.95 bits per heavy atom. The van der Waals surface area contributed by atoms with E-state index in [1.165, 1.54) is 11.1 Å². The maximum absolute atomic E-state index is 6.13. The van der Waals surface area contributed by atoms with Gasteiger partial charge in [-0.3, -0.25) is 4.57 Å². The molecule has 0 fully saturated rings. The zero-order valence-corrected chi connectivity index (χ0v) is 12.6. The van der Waals surface area contributed by atoms with Crippen molar-refractivity contribution in [2.24, 2.45) is 0 Å². The Balaban J connectivity index is 2.25. The van der Waals surface area contributed by atoms with E-state index < -0.39 is 0 Å². The highest BCUT2D eigenvalue weighted by Crippen LogP contribution is 2.30. The molecule has 4 heteroatoms. The molecule has 1 heterocycles. The summed E-state index contributed by atoms with van der Waals surface area (Å²) in [7, 11) is 0. The number of para-hydroxylation sites is 1. The molecule has 0 spiro atoms. The van der Waals surface area contributed by atoms with Gasteiger partial charge in [-0.2, -0.15) is 0 Å². The number of aryl methyl sites for hydroxylation is 2. The number of anilines is 1. The normalized spacial score (nSPS) is 11.0. The molecule has 4 nitrogen and oxygen atoms in total. The molecule has 3 aromatic rings. The Morgan fingerprint density at radius 3 is 2.67 bits per heavy atom. The molecule has 0 saturated carbocycles. The zero-order valence-electron chi connectivity index (χ0n) is 12.6. The Bertz CT molecular complexity index is 805. The number of imidazole rings is 1. The molecule has 3 rings (SSSR count). The van der Waals surface area contributed by atoms with Crippen molar-refractivity contribution in [1.29, 1.82) is 0 Å². The first-order chi connectivity index (χ1) is 10.1. The van der Waals surface area contributed by atoms with Crippen molar-refractivity contribution in [3.8, 4) is 11.4 Å². The largest absolute Gasteiger partial charge is 0.492 e. The highest BCUT2D eigenvalue weighted by Gasteiger charge is 2.13. The van der Waals surface area contributed by atoms with Gasteiger partial charge in [-0.1, -0.05) is 12.1 Å². The van der Waals surface area contributed by atoms with Crippen molar-refractivity contribution in [3.63, 3.8) is 0 Å². The summed E-state index contributed by atoms with van der Waals surface area (Å²) in [4.78, 5) is 4.48. The van der Waals surface area contributed by atoms with Gasteiger partial charge in [-0.25, -0.2) is 4.98 Å². The van der Waals surface area contributed by atoms with E-state index in [1.807, 2.05) is 29.7 Å². The molecule has 1 aromatic heterocycles. The van der Waals surface area contributed by atoms with Gasteiger partial charge >= 0.3 is 0 Å². The van der Waals surface area contributed by atoms with Crippen molar-refractivity contribution < 1.29 is 4.74 Å². The smallest absolute Gasteiger partial charge is 0.206 e. The molecular weight excluding hydrogens is 262 g/mol. The fourth-order valence-corrected chi connectivity index (χ4v) is 2.50. The number of nitrogens with zero attached hydrogens (tertiary/aromatic N) is 2. The van der Waals surface area contributed by atoms with E-state index in [9.17, 15) is 0 Å². The third-order valence-corrected chi connectivity index (χ3v) is 3.72. The third kappa shape index (κ3) is 2.23. The average Bonchev–Trinajstić information content (AvgIpc) is 2.80. The van der Waals surface area contributed by atoms with Crippen molar-refractivity contribution in [2.75, 3.05) is 12.3 Å². The number of nitrogen functional groups attached to an aromatic ring is 1. The number of benzene rings is 2. The summed E-state index contributed by atoms with van der Waals surface area (Å²) < 4.78 is 7.60. The first-order valence-corrected chi connectivity index (χ1v) is 7.09. The van der Waals surface area contributed by atoms with Gasteiger partial charge in [0.05, 0.1) is 12.1 Å².